The molecule has 0 aromatic heterocycles. The van der Waals surface area contributed by atoms with E-state index in [-0.39, 0.29) is 0 Å². The maximum absolute atomic E-state index is 3.41. The molecule has 76 valence electrons. The third kappa shape index (κ3) is 9.96. The van der Waals surface area contributed by atoms with Crippen molar-refractivity contribution in [2.45, 2.75) is 66.3 Å². The van der Waals surface area contributed by atoms with Crippen LogP contribution in [0.15, 0.2) is 0 Å². The van der Waals surface area contributed by atoms with Crippen molar-refractivity contribution in [3.8, 4) is 0 Å². The number of hydrogen-bond acceptors (Lipinski definition) is 1. The van der Waals surface area contributed by atoms with Gasteiger partial charge < -0.3 is 5.32 Å². The molecule has 1 rings (SSSR count). The molecular formula is C11H27N. The van der Waals surface area contributed by atoms with Gasteiger partial charge in [-0.25, -0.2) is 0 Å². The van der Waals surface area contributed by atoms with Crippen LogP contribution in [0.5, 0.6) is 0 Å². The summed E-state index contributed by atoms with van der Waals surface area (Å²) >= 11 is 0. The van der Waals surface area contributed by atoms with Crippen molar-refractivity contribution in [3.63, 3.8) is 0 Å². The van der Waals surface area contributed by atoms with Gasteiger partial charge in [0, 0.05) is 6.04 Å². The summed E-state index contributed by atoms with van der Waals surface area (Å²) in [5.41, 5.74) is 0. The van der Waals surface area contributed by atoms with E-state index in [2.05, 4.69) is 26.1 Å². The zero-order valence-electron chi connectivity index (χ0n) is 9.61. The smallest absolute Gasteiger partial charge is 0.00649 e. The second-order valence-electron chi connectivity index (χ2n) is 2.91. The van der Waals surface area contributed by atoms with E-state index in [1.807, 2.05) is 13.8 Å². The Morgan fingerprint density at radius 1 is 1.17 bits per heavy atom. The number of rotatable bonds is 1. The summed E-state index contributed by atoms with van der Waals surface area (Å²) in [6.07, 6.45) is 5.34. The van der Waals surface area contributed by atoms with Crippen molar-refractivity contribution in [1.82, 2.24) is 5.32 Å². The lowest BCUT2D eigenvalue weighted by Gasteiger charge is -2.02. The summed E-state index contributed by atoms with van der Waals surface area (Å²) in [5.74, 6) is 0. The van der Waals surface area contributed by atoms with Gasteiger partial charge in [-0.2, -0.15) is 0 Å². The predicted octanol–water partition coefficient (Wildman–Crippen LogP) is 3.59. The summed E-state index contributed by atoms with van der Waals surface area (Å²) in [4.78, 5) is 0. The predicted molar refractivity (Wildman–Crippen MR) is 58.6 cm³/mol. The Bertz CT molecular complexity index is 56.0. The van der Waals surface area contributed by atoms with E-state index in [0.29, 0.717) is 0 Å². The van der Waals surface area contributed by atoms with Gasteiger partial charge in [0.2, 0.25) is 0 Å². The largest absolute Gasteiger partial charge is 0.314 e. The molecule has 0 aromatic carbocycles. The lowest BCUT2D eigenvalue weighted by molar-refractivity contribution is 0.587. The third-order valence-corrected chi connectivity index (χ3v) is 1.66. The van der Waals surface area contributed by atoms with Crippen LogP contribution >= 0.6 is 0 Å². The average Bonchev–Trinajstić information content (AvgIpc) is 2.61. The Balaban J connectivity index is 0. The van der Waals surface area contributed by atoms with Crippen molar-refractivity contribution in [2.24, 2.45) is 0 Å². The molecule has 1 heteroatoms. The monoisotopic (exact) mass is 173 g/mol. The van der Waals surface area contributed by atoms with Crippen LogP contribution in [-0.4, -0.2) is 12.6 Å². The van der Waals surface area contributed by atoms with E-state index in [1.54, 1.807) is 0 Å². The molecule has 0 saturated carbocycles. The SMILES string of the molecule is CC.CCC.CCC1CCCN1. The molecule has 1 saturated heterocycles. The molecule has 1 unspecified atom stereocenters. The third-order valence-electron chi connectivity index (χ3n) is 1.66. The molecule has 1 aliphatic rings. The maximum Gasteiger partial charge on any atom is 0.00649 e. The van der Waals surface area contributed by atoms with E-state index in [1.165, 1.54) is 32.2 Å². The molecule has 1 N–H and O–H groups in total. The van der Waals surface area contributed by atoms with Crippen LogP contribution in [0.1, 0.15) is 60.3 Å². The number of hydrogen-bond donors (Lipinski definition) is 1. The minimum atomic E-state index is 0.847. The average molecular weight is 173 g/mol. The second-order valence-corrected chi connectivity index (χ2v) is 2.91. The lowest BCUT2D eigenvalue weighted by atomic mass is 10.2. The molecule has 12 heavy (non-hydrogen) atoms. The van der Waals surface area contributed by atoms with Gasteiger partial charge in [-0.1, -0.05) is 41.0 Å². The van der Waals surface area contributed by atoms with Crippen LogP contribution < -0.4 is 5.32 Å². The van der Waals surface area contributed by atoms with Gasteiger partial charge in [0.1, 0.15) is 0 Å². The van der Waals surface area contributed by atoms with Gasteiger partial charge >= 0.3 is 0 Å². The van der Waals surface area contributed by atoms with Crippen molar-refractivity contribution in [1.29, 1.82) is 0 Å². The summed E-state index contributed by atoms with van der Waals surface area (Å²) in [6.45, 7) is 11.7. The summed E-state index contributed by atoms with van der Waals surface area (Å²) < 4.78 is 0. The molecule has 0 bridgehead atoms. The summed E-state index contributed by atoms with van der Waals surface area (Å²) in [6, 6.07) is 0.847. The van der Waals surface area contributed by atoms with Crippen LogP contribution in [0, 0.1) is 0 Å². The van der Waals surface area contributed by atoms with E-state index < -0.39 is 0 Å². The second kappa shape index (κ2) is 13.5. The maximum atomic E-state index is 3.41. The van der Waals surface area contributed by atoms with E-state index in [9.17, 15) is 0 Å². The molecule has 0 aromatic rings. The van der Waals surface area contributed by atoms with Crippen LogP contribution in [0.2, 0.25) is 0 Å². The molecule has 1 aliphatic heterocycles. The van der Waals surface area contributed by atoms with Crippen LogP contribution in [0.4, 0.5) is 0 Å². The topological polar surface area (TPSA) is 12.0 Å². The lowest BCUT2D eigenvalue weighted by Crippen LogP contribution is -2.19. The molecule has 0 radical (unpaired) electrons. The van der Waals surface area contributed by atoms with Crippen LogP contribution in [0.25, 0.3) is 0 Å². The first-order valence-electron chi connectivity index (χ1n) is 5.58. The molecule has 1 fully saturated rings. The van der Waals surface area contributed by atoms with E-state index in [0.717, 1.165) is 6.04 Å². The quantitative estimate of drug-likeness (QED) is 0.639. The molecule has 1 heterocycles. The zero-order chi connectivity index (χ0) is 9.82. The fourth-order valence-corrected chi connectivity index (χ4v) is 1.11. The van der Waals surface area contributed by atoms with Crippen LogP contribution in [-0.2, 0) is 0 Å². The zero-order valence-corrected chi connectivity index (χ0v) is 9.61. The highest BCUT2D eigenvalue weighted by molar-refractivity contribution is 4.71. The van der Waals surface area contributed by atoms with Gasteiger partial charge in [0.05, 0.1) is 0 Å². The van der Waals surface area contributed by atoms with Gasteiger partial charge in [-0.05, 0) is 25.8 Å². The summed E-state index contributed by atoms with van der Waals surface area (Å²) in [5, 5.41) is 3.41. The minimum Gasteiger partial charge on any atom is -0.314 e. The van der Waals surface area contributed by atoms with Crippen molar-refractivity contribution < 1.29 is 0 Å². The Labute approximate surface area is 78.9 Å². The first-order valence-corrected chi connectivity index (χ1v) is 5.58. The van der Waals surface area contributed by atoms with Gasteiger partial charge in [-0.3, -0.25) is 0 Å². The molecule has 0 aliphatic carbocycles. The van der Waals surface area contributed by atoms with Gasteiger partial charge in [0.25, 0.3) is 0 Å². The normalized spacial score (nSPS) is 20.2. The first kappa shape index (κ1) is 14.5. The first-order chi connectivity index (χ1) is 5.85. The van der Waals surface area contributed by atoms with Crippen molar-refractivity contribution in [2.75, 3.05) is 6.54 Å². The molecule has 0 spiro atoms. The van der Waals surface area contributed by atoms with Gasteiger partial charge in [-0.15, -0.1) is 0 Å². The summed E-state index contributed by atoms with van der Waals surface area (Å²) in [7, 11) is 0. The van der Waals surface area contributed by atoms with Crippen molar-refractivity contribution >= 4 is 0 Å². The fraction of sp³-hybridized carbons (Fsp3) is 1.00. The Kier molecular flexibility index (Phi) is 16.3. The van der Waals surface area contributed by atoms with Crippen LogP contribution in [0.3, 0.4) is 0 Å². The highest BCUT2D eigenvalue weighted by Gasteiger charge is 2.09. The van der Waals surface area contributed by atoms with Crippen molar-refractivity contribution in [3.05, 3.63) is 0 Å². The molecular weight excluding hydrogens is 146 g/mol. The Hall–Kier alpha value is -0.0400. The highest BCUT2D eigenvalue weighted by Crippen LogP contribution is 2.06. The molecule has 0 amide bonds. The van der Waals surface area contributed by atoms with E-state index in [4.69, 9.17) is 0 Å². The Morgan fingerprint density at radius 2 is 1.67 bits per heavy atom. The molecule has 1 nitrogen and oxygen atoms in total. The Morgan fingerprint density at radius 3 is 1.83 bits per heavy atom. The fourth-order valence-electron chi connectivity index (χ4n) is 1.11. The highest BCUT2D eigenvalue weighted by atomic mass is 14.9. The minimum absolute atomic E-state index is 0.847. The van der Waals surface area contributed by atoms with E-state index >= 15 is 0 Å². The molecule has 1 atom stereocenters. The number of nitrogens with one attached hydrogen (secondary N) is 1. The van der Waals surface area contributed by atoms with Gasteiger partial charge in [0.15, 0.2) is 0 Å². The standard InChI is InChI=1S/C6H13N.C3H8.C2H6/c1-2-6-4-3-5-7-6;1-3-2;1-2/h6-7H,2-5H2,1H3;3H2,1-2H3;1-2H3.